The van der Waals surface area contributed by atoms with Crippen molar-refractivity contribution in [3.63, 3.8) is 0 Å². The van der Waals surface area contributed by atoms with Gasteiger partial charge in [0.15, 0.2) is 5.78 Å². The topological polar surface area (TPSA) is 52.3 Å². The van der Waals surface area contributed by atoms with Crippen molar-refractivity contribution in [3.05, 3.63) is 34.9 Å². The van der Waals surface area contributed by atoms with Crippen molar-refractivity contribution < 1.29 is 9.53 Å². The van der Waals surface area contributed by atoms with Crippen LogP contribution in [0, 0.1) is 13.8 Å². The monoisotopic (exact) mass is 221 g/mol. The molecule has 0 fully saturated rings. The number of rotatable bonds is 5. The average Bonchev–Trinajstić information content (AvgIpc) is 2.21. The Balaban J connectivity index is 2.76. The molecule has 0 spiro atoms. The highest BCUT2D eigenvalue weighted by Gasteiger charge is 2.13. The van der Waals surface area contributed by atoms with E-state index in [0.29, 0.717) is 13.0 Å². The molecule has 0 bridgehead atoms. The van der Waals surface area contributed by atoms with E-state index in [1.165, 1.54) is 0 Å². The quantitative estimate of drug-likeness (QED) is 0.772. The second-order valence-electron chi connectivity index (χ2n) is 4.16. The van der Waals surface area contributed by atoms with Crippen LogP contribution >= 0.6 is 0 Å². The van der Waals surface area contributed by atoms with Gasteiger partial charge >= 0.3 is 0 Å². The lowest BCUT2D eigenvalue weighted by Crippen LogP contribution is -2.28. The summed E-state index contributed by atoms with van der Waals surface area (Å²) in [5.74, 6) is 0.0887. The molecule has 0 aromatic heterocycles. The Hall–Kier alpha value is -1.19. The average molecular weight is 221 g/mol. The van der Waals surface area contributed by atoms with E-state index in [1.54, 1.807) is 7.11 Å². The lowest BCUT2D eigenvalue weighted by Gasteiger charge is -2.11. The molecule has 0 aliphatic carbocycles. The normalized spacial score (nSPS) is 12.5. The molecule has 3 heteroatoms. The number of hydrogen-bond acceptors (Lipinski definition) is 3. The van der Waals surface area contributed by atoms with Gasteiger partial charge in [0.25, 0.3) is 0 Å². The molecule has 0 amide bonds. The fraction of sp³-hybridized carbons (Fsp3) is 0.462. The number of hydrogen-bond donors (Lipinski definition) is 1. The highest BCUT2D eigenvalue weighted by molar-refractivity contribution is 5.97. The Morgan fingerprint density at radius 1 is 1.44 bits per heavy atom. The van der Waals surface area contributed by atoms with Crippen LogP contribution in [0.2, 0.25) is 0 Å². The highest BCUT2D eigenvalue weighted by atomic mass is 16.5. The summed E-state index contributed by atoms with van der Waals surface area (Å²) in [5, 5.41) is 0. The maximum Gasteiger partial charge on any atom is 0.164 e. The minimum atomic E-state index is -0.225. The number of benzene rings is 1. The van der Waals surface area contributed by atoms with Crippen LogP contribution in [0.25, 0.3) is 0 Å². The van der Waals surface area contributed by atoms with Gasteiger partial charge in [0.1, 0.15) is 0 Å². The summed E-state index contributed by atoms with van der Waals surface area (Å²) in [6, 6.07) is 5.65. The minimum absolute atomic E-state index is 0.0887. The highest BCUT2D eigenvalue weighted by Crippen LogP contribution is 2.13. The number of carbonyl (C=O) groups is 1. The molecule has 1 atom stereocenters. The first-order valence-corrected chi connectivity index (χ1v) is 5.39. The Bertz CT molecular complexity index is 374. The summed E-state index contributed by atoms with van der Waals surface area (Å²) >= 11 is 0. The molecule has 0 radical (unpaired) electrons. The third-order valence-corrected chi connectivity index (χ3v) is 2.52. The van der Waals surface area contributed by atoms with Gasteiger partial charge in [0.05, 0.1) is 6.61 Å². The standard InChI is InChI=1S/C13H19NO2/c1-9-4-5-10(2)12(6-9)13(15)7-11(14)8-16-3/h4-6,11H,7-8,14H2,1-3H3. The van der Waals surface area contributed by atoms with Gasteiger partial charge in [-0.3, -0.25) is 4.79 Å². The Morgan fingerprint density at radius 3 is 2.75 bits per heavy atom. The first kappa shape index (κ1) is 12.9. The van der Waals surface area contributed by atoms with E-state index in [1.807, 2.05) is 32.0 Å². The van der Waals surface area contributed by atoms with Crippen LogP contribution in [0.4, 0.5) is 0 Å². The molecular weight excluding hydrogens is 202 g/mol. The van der Waals surface area contributed by atoms with Crippen molar-refractivity contribution in [1.82, 2.24) is 0 Å². The third-order valence-electron chi connectivity index (χ3n) is 2.52. The van der Waals surface area contributed by atoms with E-state index < -0.39 is 0 Å². The van der Waals surface area contributed by atoms with Crippen molar-refractivity contribution in [2.75, 3.05) is 13.7 Å². The van der Waals surface area contributed by atoms with Gasteiger partial charge < -0.3 is 10.5 Å². The number of aryl methyl sites for hydroxylation is 2. The molecule has 1 aromatic carbocycles. The molecule has 0 heterocycles. The fourth-order valence-electron chi connectivity index (χ4n) is 1.66. The Morgan fingerprint density at radius 2 is 2.12 bits per heavy atom. The summed E-state index contributed by atoms with van der Waals surface area (Å²) in [7, 11) is 1.59. The molecule has 0 aliphatic heterocycles. The van der Waals surface area contributed by atoms with Crippen LogP contribution in [-0.4, -0.2) is 25.5 Å². The van der Waals surface area contributed by atoms with Gasteiger partial charge in [-0.25, -0.2) is 0 Å². The molecule has 0 saturated carbocycles. The minimum Gasteiger partial charge on any atom is -0.383 e. The molecule has 3 nitrogen and oxygen atoms in total. The molecule has 1 aromatic rings. The summed E-state index contributed by atoms with van der Waals surface area (Å²) in [6.45, 7) is 4.33. The Labute approximate surface area is 96.6 Å². The molecule has 88 valence electrons. The van der Waals surface area contributed by atoms with Crippen molar-refractivity contribution >= 4 is 5.78 Å². The lowest BCUT2D eigenvalue weighted by atomic mass is 9.98. The van der Waals surface area contributed by atoms with Crippen LogP contribution in [0.1, 0.15) is 27.9 Å². The fourth-order valence-corrected chi connectivity index (χ4v) is 1.66. The summed E-state index contributed by atoms with van der Waals surface area (Å²) in [6.07, 6.45) is 0.331. The number of ether oxygens (including phenoxy) is 1. The molecular formula is C13H19NO2. The molecule has 0 aliphatic rings. The number of ketones is 1. The van der Waals surface area contributed by atoms with Crippen LogP contribution < -0.4 is 5.73 Å². The second-order valence-corrected chi connectivity index (χ2v) is 4.16. The zero-order valence-electron chi connectivity index (χ0n) is 10.1. The van der Waals surface area contributed by atoms with Gasteiger partial charge in [0.2, 0.25) is 0 Å². The van der Waals surface area contributed by atoms with E-state index in [0.717, 1.165) is 16.7 Å². The number of methoxy groups -OCH3 is 1. The van der Waals surface area contributed by atoms with Crippen molar-refractivity contribution in [3.8, 4) is 0 Å². The van der Waals surface area contributed by atoms with Crippen LogP contribution in [0.5, 0.6) is 0 Å². The molecule has 0 saturated heterocycles. The lowest BCUT2D eigenvalue weighted by molar-refractivity contribution is 0.0948. The molecule has 1 rings (SSSR count). The zero-order chi connectivity index (χ0) is 12.1. The van der Waals surface area contributed by atoms with Crippen molar-refractivity contribution in [1.29, 1.82) is 0 Å². The van der Waals surface area contributed by atoms with E-state index in [4.69, 9.17) is 10.5 Å². The Kier molecular flexibility index (Phi) is 4.65. The zero-order valence-corrected chi connectivity index (χ0v) is 10.1. The van der Waals surface area contributed by atoms with E-state index >= 15 is 0 Å². The van der Waals surface area contributed by atoms with Gasteiger partial charge in [-0.05, 0) is 25.5 Å². The van der Waals surface area contributed by atoms with Gasteiger partial charge in [0, 0.05) is 25.1 Å². The third kappa shape index (κ3) is 3.43. The smallest absolute Gasteiger partial charge is 0.164 e. The van der Waals surface area contributed by atoms with E-state index in [9.17, 15) is 4.79 Å². The predicted octanol–water partition coefficient (Wildman–Crippen LogP) is 1.85. The first-order valence-electron chi connectivity index (χ1n) is 5.39. The largest absolute Gasteiger partial charge is 0.383 e. The van der Waals surface area contributed by atoms with Crippen LogP contribution in [0.3, 0.4) is 0 Å². The van der Waals surface area contributed by atoms with E-state index in [-0.39, 0.29) is 11.8 Å². The maximum atomic E-state index is 12.0. The van der Waals surface area contributed by atoms with Gasteiger partial charge in [-0.1, -0.05) is 17.7 Å². The second kappa shape index (κ2) is 5.77. The molecule has 1 unspecified atom stereocenters. The SMILES string of the molecule is COCC(N)CC(=O)c1cc(C)ccc1C. The molecule has 16 heavy (non-hydrogen) atoms. The van der Waals surface area contributed by atoms with Gasteiger partial charge in [-0.2, -0.15) is 0 Å². The number of Topliss-reactive ketones (excluding diaryl/α,β-unsaturated/α-hetero) is 1. The number of nitrogens with two attached hydrogens (primary N) is 1. The van der Waals surface area contributed by atoms with Crippen molar-refractivity contribution in [2.24, 2.45) is 5.73 Å². The first-order chi connectivity index (χ1) is 7.54. The van der Waals surface area contributed by atoms with Crippen LogP contribution in [-0.2, 0) is 4.74 Å². The summed E-state index contributed by atoms with van der Waals surface area (Å²) < 4.78 is 4.92. The summed E-state index contributed by atoms with van der Waals surface area (Å²) in [5.41, 5.74) is 8.63. The van der Waals surface area contributed by atoms with Crippen molar-refractivity contribution in [2.45, 2.75) is 26.3 Å². The number of carbonyl (C=O) groups excluding carboxylic acids is 1. The summed E-state index contributed by atoms with van der Waals surface area (Å²) in [4.78, 5) is 12.0. The molecule has 2 N–H and O–H groups in total. The van der Waals surface area contributed by atoms with E-state index in [2.05, 4.69) is 0 Å². The predicted molar refractivity (Wildman–Crippen MR) is 64.7 cm³/mol. The maximum absolute atomic E-state index is 12.0. The van der Waals surface area contributed by atoms with Crippen LogP contribution in [0.15, 0.2) is 18.2 Å². The van der Waals surface area contributed by atoms with Gasteiger partial charge in [-0.15, -0.1) is 0 Å².